The molecular weight excluding hydrogens is 508 g/mol. The van der Waals surface area contributed by atoms with Gasteiger partial charge in [0, 0.05) is 23.5 Å². The number of ether oxygens (including phenoxy) is 1. The van der Waals surface area contributed by atoms with Gasteiger partial charge in [-0.25, -0.2) is 26.2 Å². The van der Waals surface area contributed by atoms with Gasteiger partial charge in [-0.15, -0.1) is 0 Å². The molecule has 0 fully saturated rings. The van der Waals surface area contributed by atoms with Gasteiger partial charge in [0.1, 0.15) is 0 Å². The summed E-state index contributed by atoms with van der Waals surface area (Å²) >= 11 is 0. The van der Waals surface area contributed by atoms with E-state index in [1.54, 1.807) is 42.5 Å². The molecule has 0 radical (unpaired) electrons. The number of anilines is 2. The van der Waals surface area contributed by atoms with Gasteiger partial charge < -0.3 is 9.72 Å². The summed E-state index contributed by atoms with van der Waals surface area (Å²) in [4.78, 5) is 27.3. The van der Waals surface area contributed by atoms with E-state index in [0.29, 0.717) is 16.8 Å². The predicted molar refractivity (Wildman–Crippen MR) is 139 cm³/mol. The van der Waals surface area contributed by atoms with Crippen molar-refractivity contribution in [1.82, 2.24) is 9.55 Å². The number of aromatic amines is 1. The molecule has 0 saturated carbocycles. The summed E-state index contributed by atoms with van der Waals surface area (Å²) in [6.45, 7) is 0. The number of nitrogens with zero attached hydrogens (tertiary/aromatic N) is 1. The normalized spacial score (nSPS) is 11.9. The minimum absolute atomic E-state index is 0.0375. The van der Waals surface area contributed by atoms with Crippen LogP contribution < -0.4 is 25.4 Å². The minimum Gasteiger partial charge on any atom is -0.494 e. The van der Waals surface area contributed by atoms with Crippen molar-refractivity contribution in [2.45, 2.75) is 0 Å². The van der Waals surface area contributed by atoms with E-state index in [-0.39, 0.29) is 17.1 Å². The summed E-state index contributed by atoms with van der Waals surface area (Å²) in [6, 6.07) is 14.4. The number of rotatable bonds is 7. The van der Waals surface area contributed by atoms with E-state index in [1.165, 1.54) is 25.4 Å². The fraction of sp³-hybridized carbons (Fsp3) is 0.130. The zero-order chi connectivity index (χ0) is 26.3. The number of aromatic nitrogens is 2. The highest BCUT2D eigenvalue weighted by molar-refractivity contribution is 7.92. The average molecular weight is 531 g/mol. The molecule has 0 spiro atoms. The Balaban J connectivity index is 1.96. The zero-order valence-corrected chi connectivity index (χ0v) is 21.0. The summed E-state index contributed by atoms with van der Waals surface area (Å²) in [6.07, 6.45) is 3.25. The molecule has 0 amide bonds. The van der Waals surface area contributed by atoms with E-state index in [2.05, 4.69) is 14.4 Å². The lowest BCUT2D eigenvalue weighted by molar-refractivity contribution is 0.418. The summed E-state index contributed by atoms with van der Waals surface area (Å²) in [7, 11) is -5.81. The number of hydrogen-bond acceptors (Lipinski definition) is 7. The van der Waals surface area contributed by atoms with Crippen LogP contribution in [0.2, 0.25) is 0 Å². The Morgan fingerprint density at radius 3 is 2.14 bits per heavy atom. The van der Waals surface area contributed by atoms with Crippen molar-refractivity contribution in [2.75, 3.05) is 29.1 Å². The van der Waals surface area contributed by atoms with Crippen molar-refractivity contribution in [3.05, 3.63) is 81.6 Å². The van der Waals surface area contributed by atoms with Crippen molar-refractivity contribution >= 4 is 42.2 Å². The maximum atomic E-state index is 12.5. The van der Waals surface area contributed by atoms with Crippen LogP contribution in [0.15, 0.2) is 70.4 Å². The molecule has 11 nitrogen and oxygen atoms in total. The number of benzene rings is 3. The van der Waals surface area contributed by atoms with Crippen LogP contribution in [0, 0.1) is 0 Å². The predicted octanol–water partition coefficient (Wildman–Crippen LogP) is 2.10. The maximum Gasteiger partial charge on any atom is 0.332 e. The van der Waals surface area contributed by atoms with Crippen LogP contribution in [0.1, 0.15) is 0 Å². The summed E-state index contributed by atoms with van der Waals surface area (Å²) in [5.41, 5.74) is 0.267. The quantitative estimate of drug-likeness (QED) is 0.330. The third-order valence-electron chi connectivity index (χ3n) is 5.14. The van der Waals surface area contributed by atoms with E-state index in [0.717, 1.165) is 27.9 Å². The van der Waals surface area contributed by atoms with Gasteiger partial charge in [-0.2, -0.15) is 0 Å². The lowest BCUT2D eigenvalue weighted by Crippen LogP contribution is -2.32. The molecule has 0 unspecified atom stereocenters. The van der Waals surface area contributed by atoms with Crippen LogP contribution in [0.3, 0.4) is 0 Å². The van der Waals surface area contributed by atoms with Gasteiger partial charge in [0.25, 0.3) is 5.56 Å². The summed E-state index contributed by atoms with van der Waals surface area (Å²) in [5, 5.41) is 1.50. The van der Waals surface area contributed by atoms with Gasteiger partial charge in [0.2, 0.25) is 20.0 Å². The zero-order valence-electron chi connectivity index (χ0n) is 19.4. The van der Waals surface area contributed by atoms with Gasteiger partial charge in [-0.1, -0.05) is 18.2 Å². The Morgan fingerprint density at radius 1 is 0.833 bits per heavy atom. The number of H-pyrrole nitrogens is 1. The SMILES string of the molecule is COc1c(NS(C)(=O)=O)cc(-n2c(=O)cc[nH]c2=O)cc1-c1ccc2cc(NS(C)(=O)=O)ccc2c1. The molecule has 0 aliphatic rings. The Labute approximate surface area is 206 Å². The van der Waals surface area contributed by atoms with Crippen molar-refractivity contribution in [2.24, 2.45) is 0 Å². The lowest BCUT2D eigenvalue weighted by atomic mass is 9.99. The Hall–Kier alpha value is -4.10. The first-order valence-corrected chi connectivity index (χ1v) is 14.2. The number of methoxy groups -OCH3 is 1. The standard InChI is InChI=1S/C23H22N4O7S2/c1-34-22-19(16-5-4-15-11-17(25-35(2,30)31)7-6-14(15)10-16)12-18(13-20(22)26-36(3,32)33)27-21(28)8-9-24-23(27)29/h4-13,25-26H,1-3H3,(H,24,29). The molecule has 0 bridgehead atoms. The largest absolute Gasteiger partial charge is 0.494 e. The van der Waals surface area contributed by atoms with Crippen molar-refractivity contribution in [3.63, 3.8) is 0 Å². The second kappa shape index (κ2) is 9.17. The molecule has 0 saturated heterocycles. The first-order valence-electron chi connectivity index (χ1n) is 10.4. The minimum atomic E-state index is -3.74. The highest BCUT2D eigenvalue weighted by Gasteiger charge is 2.19. The van der Waals surface area contributed by atoms with Crippen LogP contribution in [0.4, 0.5) is 11.4 Å². The van der Waals surface area contributed by atoms with Gasteiger partial charge in [-0.05, 0) is 46.7 Å². The van der Waals surface area contributed by atoms with Gasteiger partial charge >= 0.3 is 5.69 Å². The van der Waals surface area contributed by atoms with Gasteiger partial charge in [0.15, 0.2) is 5.75 Å². The van der Waals surface area contributed by atoms with Crippen LogP contribution in [0.25, 0.3) is 27.6 Å². The summed E-state index contributed by atoms with van der Waals surface area (Å²) < 4.78 is 58.4. The molecule has 3 N–H and O–H groups in total. The average Bonchev–Trinajstić information content (AvgIpc) is 2.76. The van der Waals surface area contributed by atoms with Crippen molar-refractivity contribution in [1.29, 1.82) is 0 Å². The Morgan fingerprint density at radius 2 is 1.50 bits per heavy atom. The maximum absolute atomic E-state index is 12.5. The molecule has 0 aliphatic heterocycles. The fourth-order valence-corrected chi connectivity index (χ4v) is 4.92. The molecule has 4 aromatic rings. The van der Waals surface area contributed by atoms with Crippen molar-refractivity contribution < 1.29 is 21.6 Å². The molecule has 0 aliphatic carbocycles. The third kappa shape index (κ3) is 5.42. The van der Waals surface area contributed by atoms with Crippen LogP contribution in [-0.2, 0) is 20.0 Å². The van der Waals surface area contributed by atoms with Gasteiger partial charge in [-0.3, -0.25) is 14.2 Å². The van der Waals surface area contributed by atoms with Crippen molar-refractivity contribution in [3.8, 4) is 22.6 Å². The highest BCUT2D eigenvalue weighted by Crippen LogP contribution is 2.40. The van der Waals surface area contributed by atoms with E-state index in [4.69, 9.17) is 4.74 Å². The third-order valence-corrected chi connectivity index (χ3v) is 6.34. The van der Waals surface area contributed by atoms with E-state index in [9.17, 15) is 26.4 Å². The number of hydrogen-bond donors (Lipinski definition) is 3. The molecule has 4 rings (SSSR count). The first kappa shape index (κ1) is 25.0. The molecule has 1 heterocycles. The molecule has 1 aromatic heterocycles. The number of fused-ring (bicyclic) bond motifs is 1. The smallest absolute Gasteiger partial charge is 0.332 e. The van der Waals surface area contributed by atoms with Crippen LogP contribution in [-0.4, -0.2) is 46.0 Å². The molecule has 0 atom stereocenters. The van der Waals surface area contributed by atoms with Crippen LogP contribution in [0.5, 0.6) is 5.75 Å². The van der Waals surface area contributed by atoms with Gasteiger partial charge in [0.05, 0.1) is 31.0 Å². The fourth-order valence-electron chi connectivity index (χ4n) is 3.81. The second-order valence-electron chi connectivity index (χ2n) is 8.06. The van der Waals surface area contributed by atoms with E-state index < -0.39 is 31.3 Å². The van der Waals surface area contributed by atoms with E-state index in [1.807, 2.05) is 0 Å². The molecule has 3 aromatic carbocycles. The topological polar surface area (TPSA) is 156 Å². The lowest BCUT2D eigenvalue weighted by Gasteiger charge is -2.18. The molecule has 188 valence electrons. The molecule has 36 heavy (non-hydrogen) atoms. The van der Waals surface area contributed by atoms with Crippen LogP contribution >= 0.6 is 0 Å². The second-order valence-corrected chi connectivity index (χ2v) is 11.6. The molecular formula is C23H22N4O7S2. The molecule has 13 heteroatoms. The summed E-state index contributed by atoms with van der Waals surface area (Å²) in [5.74, 6) is 0.180. The number of sulfonamides is 2. The highest BCUT2D eigenvalue weighted by atomic mass is 32.2. The first-order chi connectivity index (χ1) is 16.8. The van der Waals surface area contributed by atoms with E-state index >= 15 is 0 Å². The monoisotopic (exact) mass is 530 g/mol. The number of nitrogens with one attached hydrogen (secondary N) is 3. The Kier molecular flexibility index (Phi) is 6.37. The Bertz CT molecular complexity index is 1800.